The molecule has 1 heterocycles. The van der Waals surface area contributed by atoms with Crippen LogP contribution in [-0.2, 0) is 10.0 Å². The van der Waals surface area contributed by atoms with Crippen LogP contribution in [0.1, 0.15) is 18.5 Å². The zero-order valence-corrected chi connectivity index (χ0v) is 15.4. The highest BCUT2D eigenvalue weighted by atomic mass is 32.2. The number of aliphatic hydroxyl groups excluding tert-OH is 1. The van der Waals surface area contributed by atoms with E-state index in [2.05, 4.69) is 15.0 Å². The second-order valence-electron chi connectivity index (χ2n) is 5.96. The van der Waals surface area contributed by atoms with Gasteiger partial charge in [-0.05, 0) is 36.8 Å². The fourth-order valence-electron chi connectivity index (χ4n) is 2.56. The molecular formula is C18H19FN4O3S. The van der Waals surface area contributed by atoms with E-state index in [-0.39, 0.29) is 29.9 Å². The first-order valence-electron chi connectivity index (χ1n) is 8.29. The number of nitrogens with zero attached hydrogens (tertiary/aromatic N) is 3. The normalized spacial score (nSPS) is 12.9. The van der Waals surface area contributed by atoms with Gasteiger partial charge in [-0.15, -0.1) is 5.10 Å². The van der Waals surface area contributed by atoms with E-state index in [9.17, 15) is 12.8 Å². The Labute approximate surface area is 156 Å². The van der Waals surface area contributed by atoms with Gasteiger partial charge in [0.2, 0.25) is 10.0 Å². The molecule has 0 saturated heterocycles. The van der Waals surface area contributed by atoms with E-state index >= 15 is 0 Å². The molecule has 0 fully saturated rings. The molecule has 3 rings (SSSR count). The van der Waals surface area contributed by atoms with E-state index in [1.165, 1.54) is 24.3 Å². The van der Waals surface area contributed by atoms with Crippen LogP contribution in [0.4, 0.5) is 4.39 Å². The number of aliphatic hydroxyl groups is 1. The maximum absolute atomic E-state index is 13.1. The molecule has 0 aliphatic rings. The van der Waals surface area contributed by atoms with Crippen molar-refractivity contribution in [2.75, 3.05) is 13.2 Å². The monoisotopic (exact) mass is 390 g/mol. The Bertz CT molecular complexity index is 1000. The van der Waals surface area contributed by atoms with Crippen molar-refractivity contribution in [1.82, 2.24) is 19.7 Å². The second kappa shape index (κ2) is 7.95. The topological polar surface area (TPSA) is 97.1 Å². The lowest BCUT2D eigenvalue weighted by Crippen LogP contribution is -2.26. The average Bonchev–Trinajstić information content (AvgIpc) is 3.17. The molecule has 9 heteroatoms. The maximum atomic E-state index is 13.1. The Morgan fingerprint density at radius 2 is 1.81 bits per heavy atom. The van der Waals surface area contributed by atoms with Gasteiger partial charge in [0.25, 0.3) is 0 Å². The van der Waals surface area contributed by atoms with Gasteiger partial charge in [0.15, 0.2) is 0 Å². The Morgan fingerprint density at radius 3 is 2.44 bits per heavy atom. The molecule has 0 aliphatic heterocycles. The Morgan fingerprint density at radius 1 is 1.15 bits per heavy atom. The van der Waals surface area contributed by atoms with Crippen molar-refractivity contribution < 1.29 is 17.9 Å². The lowest BCUT2D eigenvalue weighted by Gasteiger charge is -2.11. The second-order valence-corrected chi connectivity index (χ2v) is 7.72. The highest BCUT2D eigenvalue weighted by Gasteiger charge is 2.15. The Kier molecular flexibility index (Phi) is 5.64. The molecule has 3 aromatic rings. The molecule has 27 heavy (non-hydrogen) atoms. The summed E-state index contributed by atoms with van der Waals surface area (Å²) in [4.78, 5) is 0.103. The molecule has 2 aromatic carbocycles. The molecule has 0 saturated carbocycles. The van der Waals surface area contributed by atoms with Crippen LogP contribution in [-0.4, -0.2) is 41.7 Å². The predicted molar refractivity (Wildman–Crippen MR) is 97.9 cm³/mol. The van der Waals surface area contributed by atoms with E-state index in [1.54, 1.807) is 35.1 Å². The van der Waals surface area contributed by atoms with Crippen molar-refractivity contribution in [3.05, 3.63) is 66.1 Å². The minimum absolute atomic E-state index is 0.0420. The number of hydrogen-bond donors (Lipinski definition) is 2. The third-order valence-corrected chi connectivity index (χ3v) is 5.60. The molecule has 0 bridgehead atoms. The maximum Gasteiger partial charge on any atom is 0.240 e. The number of benzene rings is 2. The lowest BCUT2D eigenvalue weighted by atomic mass is 10.1. The predicted octanol–water partition coefficient (Wildman–Crippen LogP) is 1.96. The molecule has 0 spiro atoms. The summed E-state index contributed by atoms with van der Waals surface area (Å²) < 4.78 is 41.1. The Balaban J connectivity index is 1.79. The summed E-state index contributed by atoms with van der Waals surface area (Å²) in [5, 5.41) is 17.0. The van der Waals surface area contributed by atoms with Crippen LogP contribution in [0.3, 0.4) is 0 Å². The van der Waals surface area contributed by atoms with Crippen molar-refractivity contribution in [2.45, 2.75) is 17.9 Å². The zero-order valence-electron chi connectivity index (χ0n) is 14.6. The lowest BCUT2D eigenvalue weighted by molar-refractivity contribution is 0.301. The third kappa shape index (κ3) is 4.38. The molecule has 1 unspecified atom stereocenters. The number of aromatic nitrogens is 3. The smallest absolute Gasteiger partial charge is 0.240 e. The summed E-state index contributed by atoms with van der Waals surface area (Å²) in [6.45, 7) is 1.61. The van der Waals surface area contributed by atoms with Gasteiger partial charge in [0.05, 0.1) is 23.7 Å². The molecular weight excluding hydrogens is 371 g/mol. The van der Waals surface area contributed by atoms with E-state index in [4.69, 9.17) is 5.11 Å². The molecule has 0 aliphatic carbocycles. The van der Waals surface area contributed by atoms with Crippen molar-refractivity contribution in [3.63, 3.8) is 0 Å². The summed E-state index contributed by atoms with van der Waals surface area (Å²) in [5.74, 6) is -0.297. The minimum Gasteiger partial charge on any atom is -0.395 e. The number of hydrogen-bond acceptors (Lipinski definition) is 5. The summed E-state index contributed by atoms with van der Waals surface area (Å²) in [6, 6.07) is 12.3. The zero-order chi connectivity index (χ0) is 19.4. The fourth-order valence-corrected chi connectivity index (χ4v) is 3.58. The van der Waals surface area contributed by atoms with E-state index in [1.807, 2.05) is 6.92 Å². The van der Waals surface area contributed by atoms with Gasteiger partial charge in [-0.1, -0.05) is 29.5 Å². The SMILES string of the molecule is CC(c1ccc(F)cc1)n1cc(-c2ccc(S(=O)(=O)NCCO)cc2)nn1. The summed E-state index contributed by atoms with van der Waals surface area (Å²) in [7, 11) is -3.65. The first-order valence-corrected chi connectivity index (χ1v) is 9.77. The number of nitrogens with one attached hydrogen (secondary N) is 1. The minimum atomic E-state index is -3.65. The quantitative estimate of drug-likeness (QED) is 0.643. The van der Waals surface area contributed by atoms with E-state index in [0.29, 0.717) is 11.3 Å². The van der Waals surface area contributed by atoms with Gasteiger partial charge in [-0.2, -0.15) is 0 Å². The number of halogens is 1. The highest BCUT2D eigenvalue weighted by molar-refractivity contribution is 7.89. The molecule has 142 valence electrons. The highest BCUT2D eigenvalue weighted by Crippen LogP contribution is 2.22. The van der Waals surface area contributed by atoms with Crippen LogP contribution in [0.15, 0.2) is 59.6 Å². The van der Waals surface area contributed by atoms with Gasteiger partial charge >= 0.3 is 0 Å². The summed E-state index contributed by atoms with van der Waals surface area (Å²) in [5.41, 5.74) is 2.20. The Hall–Kier alpha value is -2.62. The van der Waals surface area contributed by atoms with Gasteiger partial charge < -0.3 is 5.11 Å². The molecule has 0 radical (unpaired) electrons. The van der Waals surface area contributed by atoms with Gasteiger partial charge in [-0.25, -0.2) is 22.2 Å². The third-order valence-electron chi connectivity index (χ3n) is 4.12. The van der Waals surface area contributed by atoms with Gasteiger partial charge in [0.1, 0.15) is 11.5 Å². The first-order chi connectivity index (χ1) is 12.9. The molecule has 0 amide bonds. The number of rotatable bonds is 7. The van der Waals surface area contributed by atoms with Crippen LogP contribution in [0.25, 0.3) is 11.3 Å². The molecule has 7 nitrogen and oxygen atoms in total. The number of sulfonamides is 1. The van der Waals surface area contributed by atoms with Crippen LogP contribution in [0, 0.1) is 5.82 Å². The standard InChI is InChI=1S/C18H19FN4O3S/c1-13(14-2-6-16(19)7-3-14)23-12-18(21-22-23)15-4-8-17(9-5-15)27(25,26)20-10-11-24/h2-9,12-13,20,24H,10-11H2,1H3. The van der Waals surface area contributed by atoms with Crippen molar-refractivity contribution in [1.29, 1.82) is 0 Å². The fraction of sp³-hybridized carbons (Fsp3) is 0.222. The van der Waals surface area contributed by atoms with Crippen molar-refractivity contribution in [2.24, 2.45) is 0 Å². The first kappa shape index (κ1) is 19.2. The molecule has 1 atom stereocenters. The molecule has 2 N–H and O–H groups in total. The van der Waals surface area contributed by atoms with Crippen LogP contribution < -0.4 is 4.72 Å². The average molecular weight is 390 g/mol. The summed E-state index contributed by atoms with van der Waals surface area (Å²) >= 11 is 0. The molecule has 1 aromatic heterocycles. The van der Waals surface area contributed by atoms with Crippen LogP contribution in [0.5, 0.6) is 0 Å². The largest absolute Gasteiger partial charge is 0.395 e. The van der Waals surface area contributed by atoms with Crippen LogP contribution >= 0.6 is 0 Å². The van der Waals surface area contributed by atoms with Gasteiger partial charge in [0, 0.05) is 12.1 Å². The van der Waals surface area contributed by atoms with Gasteiger partial charge in [-0.3, -0.25) is 0 Å². The van der Waals surface area contributed by atoms with Crippen LogP contribution in [0.2, 0.25) is 0 Å². The van der Waals surface area contributed by atoms with E-state index < -0.39 is 10.0 Å². The van der Waals surface area contributed by atoms with Crippen molar-refractivity contribution >= 4 is 10.0 Å². The van der Waals surface area contributed by atoms with Crippen molar-refractivity contribution in [3.8, 4) is 11.3 Å². The van der Waals surface area contributed by atoms with E-state index in [0.717, 1.165) is 5.56 Å². The summed E-state index contributed by atoms with van der Waals surface area (Å²) in [6.07, 6.45) is 1.75.